The lowest BCUT2D eigenvalue weighted by Crippen LogP contribution is -2.37. The van der Waals surface area contributed by atoms with Crippen molar-refractivity contribution in [2.75, 3.05) is 25.0 Å². The van der Waals surface area contributed by atoms with Crippen molar-refractivity contribution in [3.8, 4) is 0 Å². The van der Waals surface area contributed by atoms with E-state index in [0.29, 0.717) is 11.5 Å². The third-order valence-electron chi connectivity index (χ3n) is 4.69. The normalized spacial score (nSPS) is 17.6. The molecule has 2 aromatic carbocycles. The van der Waals surface area contributed by atoms with Crippen molar-refractivity contribution < 1.29 is 9.13 Å². The molecule has 1 aliphatic heterocycles. The van der Waals surface area contributed by atoms with Gasteiger partial charge in [0.25, 0.3) is 0 Å². The predicted molar refractivity (Wildman–Crippen MR) is 104 cm³/mol. The van der Waals surface area contributed by atoms with Crippen molar-refractivity contribution in [2.45, 2.75) is 12.6 Å². The van der Waals surface area contributed by atoms with Gasteiger partial charge in [-0.2, -0.15) is 0 Å². The fourth-order valence-corrected chi connectivity index (χ4v) is 3.27. The number of pyridine rings is 1. The zero-order chi connectivity index (χ0) is 18.5. The van der Waals surface area contributed by atoms with Crippen LogP contribution in [0.3, 0.4) is 0 Å². The number of hydrogen-bond donors (Lipinski definition) is 1. The molecule has 4 nitrogen and oxygen atoms in total. The number of para-hydroxylation sites is 1. The van der Waals surface area contributed by atoms with Gasteiger partial charge in [0, 0.05) is 25.8 Å². The van der Waals surface area contributed by atoms with Gasteiger partial charge in [-0.25, -0.2) is 9.37 Å². The summed E-state index contributed by atoms with van der Waals surface area (Å²) in [5, 5.41) is 3.01. The van der Waals surface area contributed by atoms with Gasteiger partial charge in [0.15, 0.2) is 0 Å². The minimum Gasteiger partial charge on any atom is -0.371 e. The summed E-state index contributed by atoms with van der Waals surface area (Å²) in [5.41, 5.74) is 2.77. The molecule has 0 saturated carbocycles. The van der Waals surface area contributed by atoms with E-state index < -0.39 is 0 Å². The second-order valence-electron chi connectivity index (χ2n) is 6.66. The predicted octanol–water partition coefficient (Wildman–Crippen LogP) is 4.54. The van der Waals surface area contributed by atoms with Gasteiger partial charge in [-0.15, -0.1) is 0 Å². The Hall–Kier alpha value is -2.76. The van der Waals surface area contributed by atoms with Crippen LogP contribution in [-0.2, 0) is 11.3 Å². The SMILES string of the molecule is Fc1ccccc1Nc1ccc(CN2CCO[C@@H](c3ccccc3)C2)cn1. The summed E-state index contributed by atoms with van der Waals surface area (Å²) in [6, 6.07) is 20.8. The molecule has 1 saturated heterocycles. The van der Waals surface area contributed by atoms with Crippen molar-refractivity contribution in [2.24, 2.45) is 0 Å². The summed E-state index contributed by atoms with van der Waals surface area (Å²) in [7, 11) is 0. The van der Waals surface area contributed by atoms with Crippen LogP contribution in [0, 0.1) is 5.82 Å². The van der Waals surface area contributed by atoms with E-state index in [-0.39, 0.29) is 11.9 Å². The third kappa shape index (κ3) is 4.51. The van der Waals surface area contributed by atoms with Crippen LogP contribution in [0.1, 0.15) is 17.2 Å². The molecule has 0 aliphatic carbocycles. The standard InChI is InChI=1S/C22H22FN3O/c23-19-8-4-5-9-20(19)25-22-11-10-17(14-24-22)15-26-12-13-27-21(16-26)18-6-2-1-3-7-18/h1-11,14,21H,12-13,15-16H2,(H,24,25)/t21-/m1/s1. The summed E-state index contributed by atoms with van der Waals surface area (Å²) >= 11 is 0. The Kier molecular flexibility index (Phi) is 5.42. The largest absolute Gasteiger partial charge is 0.371 e. The molecule has 1 fully saturated rings. The summed E-state index contributed by atoms with van der Waals surface area (Å²) in [6.45, 7) is 3.30. The molecule has 2 heterocycles. The van der Waals surface area contributed by atoms with E-state index >= 15 is 0 Å². The number of hydrogen-bond acceptors (Lipinski definition) is 4. The molecule has 0 amide bonds. The van der Waals surface area contributed by atoms with Gasteiger partial charge >= 0.3 is 0 Å². The molecule has 1 N–H and O–H groups in total. The molecule has 3 aromatic rings. The molecule has 1 aliphatic rings. The number of rotatable bonds is 5. The minimum absolute atomic E-state index is 0.106. The van der Waals surface area contributed by atoms with Crippen molar-refractivity contribution in [3.63, 3.8) is 0 Å². The average Bonchev–Trinajstić information content (AvgIpc) is 2.72. The van der Waals surface area contributed by atoms with Crippen molar-refractivity contribution in [1.82, 2.24) is 9.88 Å². The summed E-state index contributed by atoms with van der Waals surface area (Å²) in [6.07, 6.45) is 1.95. The second-order valence-corrected chi connectivity index (χ2v) is 6.66. The molecular weight excluding hydrogens is 341 g/mol. The lowest BCUT2D eigenvalue weighted by Gasteiger charge is -2.33. The van der Waals surface area contributed by atoms with Gasteiger partial charge in [-0.1, -0.05) is 48.5 Å². The van der Waals surface area contributed by atoms with Gasteiger partial charge < -0.3 is 10.1 Å². The molecule has 27 heavy (non-hydrogen) atoms. The molecule has 0 radical (unpaired) electrons. The number of anilines is 2. The zero-order valence-electron chi connectivity index (χ0n) is 15.0. The van der Waals surface area contributed by atoms with E-state index in [1.165, 1.54) is 11.6 Å². The summed E-state index contributed by atoms with van der Waals surface area (Å²) in [4.78, 5) is 6.80. The van der Waals surface area contributed by atoms with Gasteiger partial charge in [-0.3, -0.25) is 4.90 Å². The smallest absolute Gasteiger partial charge is 0.146 e. The number of halogens is 1. The maximum Gasteiger partial charge on any atom is 0.146 e. The Morgan fingerprint density at radius 3 is 2.63 bits per heavy atom. The Morgan fingerprint density at radius 1 is 1.04 bits per heavy atom. The van der Waals surface area contributed by atoms with Gasteiger partial charge in [0.05, 0.1) is 18.4 Å². The first kappa shape index (κ1) is 17.6. The molecular formula is C22H22FN3O. The average molecular weight is 363 g/mol. The molecule has 0 unspecified atom stereocenters. The van der Waals surface area contributed by atoms with Gasteiger partial charge in [0.2, 0.25) is 0 Å². The first-order valence-corrected chi connectivity index (χ1v) is 9.13. The molecule has 0 spiro atoms. The summed E-state index contributed by atoms with van der Waals surface area (Å²) < 4.78 is 19.7. The highest BCUT2D eigenvalue weighted by molar-refractivity contribution is 5.56. The number of nitrogens with zero attached hydrogens (tertiary/aromatic N) is 2. The fraction of sp³-hybridized carbons (Fsp3) is 0.227. The Labute approximate surface area is 158 Å². The van der Waals surface area contributed by atoms with Crippen molar-refractivity contribution in [1.29, 1.82) is 0 Å². The third-order valence-corrected chi connectivity index (χ3v) is 4.69. The van der Waals surface area contributed by atoms with Crippen molar-refractivity contribution in [3.05, 3.63) is 89.9 Å². The first-order valence-electron chi connectivity index (χ1n) is 9.13. The van der Waals surface area contributed by atoms with Crippen LogP contribution >= 0.6 is 0 Å². The number of aromatic nitrogens is 1. The number of nitrogens with one attached hydrogen (secondary N) is 1. The van der Waals surface area contributed by atoms with E-state index in [2.05, 4.69) is 27.3 Å². The maximum absolute atomic E-state index is 13.7. The Morgan fingerprint density at radius 2 is 1.85 bits per heavy atom. The lowest BCUT2D eigenvalue weighted by molar-refractivity contribution is -0.0329. The van der Waals surface area contributed by atoms with Crippen molar-refractivity contribution >= 4 is 11.5 Å². The quantitative estimate of drug-likeness (QED) is 0.722. The summed E-state index contributed by atoms with van der Waals surface area (Å²) in [5.74, 6) is 0.344. The maximum atomic E-state index is 13.7. The second kappa shape index (κ2) is 8.29. The Balaban J connectivity index is 1.37. The molecule has 138 valence electrons. The van der Waals surface area contributed by atoms with Crippen LogP contribution in [0.4, 0.5) is 15.9 Å². The zero-order valence-corrected chi connectivity index (χ0v) is 15.0. The molecule has 1 aromatic heterocycles. The number of benzene rings is 2. The molecule has 5 heteroatoms. The topological polar surface area (TPSA) is 37.4 Å². The van der Waals surface area contributed by atoms with E-state index in [9.17, 15) is 4.39 Å². The molecule has 0 bridgehead atoms. The van der Waals surface area contributed by atoms with Crippen LogP contribution in [0.15, 0.2) is 72.9 Å². The van der Waals surface area contributed by atoms with Crippen LogP contribution in [-0.4, -0.2) is 29.6 Å². The highest BCUT2D eigenvalue weighted by Gasteiger charge is 2.21. The highest BCUT2D eigenvalue weighted by Crippen LogP contribution is 2.23. The highest BCUT2D eigenvalue weighted by atomic mass is 19.1. The van der Waals surface area contributed by atoms with E-state index in [1.807, 2.05) is 36.5 Å². The lowest BCUT2D eigenvalue weighted by atomic mass is 10.1. The van der Waals surface area contributed by atoms with E-state index in [0.717, 1.165) is 31.8 Å². The first-order chi connectivity index (χ1) is 13.3. The fourth-order valence-electron chi connectivity index (χ4n) is 3.27. The van der Waals surface area contributed by atoms with Gasteiger partial charge in [-0.05, 0) is 29.3 Å². The minimum atomic E-state index is -0.288. The molecule has 4 rings (SSSR count). The number of ether oxygens (including phenoxy) is 1. The van der Waals surface area contributed by atoms with Crippen LogP contribution in [0.2, 0.25) is 0 Å². The monoisotopic (exact) mass is 363 g/mol. The Bertz CT molecular complexity index is 870. The van der Waals surface area contributed by atoms with Crippen LogP contribution in [0.25, 0.3) is 0 Å². The van der Waals surface area contributed by atoms with Gasteiger partial charge in [0.1, 0.15) is 11.6 Å². The van der Waals surface area contributed by atoms with Crippen LogP contribution < -0.4 is 5.32 Å². The van der Waals surface area contributed by atoms with E-state index in [1.54, 1.807) is 18.2 Å². The van der Waals surface area contributed by atoms with Crippen LogP contribution in [0.5, 0.6) is 0 Å². The number of morpholine rings is 1. The van der Waals surface area contributed by atoms with E-state index in [4.69, 9.17) is 4.74 Å². The molecule has 1 atom stereocenters.